The van der Waals surface area contributed by atoms with Crippen LogP contribution in [0.2, 0.25) is 0 Å². The largest absolute Gasteiger partial charge is 0.345 e. The number of hydrogen-bond donors (Lipinski definition) is 3. The van der Waals surface area contributed by atoms with E-state index in [1.165, 1.54) is 4.90 Å². The lowest BCUT2D eigenvalue weighted by molar-refractivity contribution is -0.143. The van der Waals surface area contributed by atoms with Gasteiger partial charge in [0.05, 0.1) is 12.6 Å². The third kappa shape index (κ3) is 8.99. The first-order valence-electron chi connectivity index (χ1n) is 13.7. The maximum atomic E-state index is 13.7. The Hall–Kier alpha value is -3.50. The van der Waals surface area contributed by atoms with Crippen molar-refractivity contribution in [3.8, 4) is 0 Å². The van der Waals surface area contributed by atoms with Crippen molar-refractivity contribution in [3.05, 3.63) is 82.6 Å². The summed E-state index contributed by atoms with van der Waals surface area (Å²) in [5.41, 5.74) is 1.42. The van der Waals surface area contributed by atoms with Gasteiger partial charge in [-0.25, -0.2) is 0 Å². The summed E-state index contributed by atoms with van der Waals surface area (Å²) in [6, 6.07) is 15.4. The lowest BCUT2D eigenvalue weighted by atomic mass is 9.86. The second-order valence-corrected chi connectivity index (χ2v) is 12.2. The predicted molar refractivity (Wildman–Crippen MR) is 162 cm³/mol. The first-order valence-corrected chi connectivity index (χ1v) is 14.5. The molecule has 2 aromatic rings. The molecule has 41 heavy (non-hydrogen) atoms. The summed E-state index contributed by atoms with van der Waals surface area (Å²) >= 11 is 3.44. The van der Waals surface area contributed by atoms with Gasteiger partial charge in [-0.2, -0.15) is 0 Å². The molecule has 3 atom stereocenters. The molecule has 10 heteroatoms. The molecule has 3 N–H and O–H groups in total. The van der Waals surface area contributed by atoms with E-state index in [1.54, 1.807) is 31.3 Å². The highest BCUT2D eigenvalue weighted by molar-refractivity contribution is 9.10. The van der Waals surface area contributed by atoms with Crippen molar-refractivity contribution < 1.29 is 19.2 Å². The quantitative estimate of drug-likeness (QED) is 0.356. The SMILES string of the molecule is CN[C@@H](C)C(=O)N[C@H](C(=O)NCC(=O)N1C=CN(CCc2ccccc2)C(=O)[C@@H]1Cc1ccc(Br)cc1)C(C)(C)C. The van der Waals surface area contributed by atoms with Gasteiger partial charge in [0.25, 0.3) is 0 Å². The number of amides is 4. The van der Waals surface area contributed by atoms with Crippen molar-refractivity contribution in [2.45, 2.75) is 58.7 Å². The van der Waals surface area contributed by atoms with Crippen LogP contribution in [-0.4, -0.2) is 71.7 Å². The van der Waals surface area contributed by atoms with E-state index in [1.807, 2.05) is 75.4 Å². The van der Waals surface area contributed by atoms with E-state index in [9.17, 15) is 19.2 Å². The Morgan fingerprint density at radius 1 is 0.951 bits per heavy atom. The minimum absolute atomic E-state index is 0.188. The van der Waals surface area contributed by atoms with E-state index in [-0.39, 0.29) is 18.4 Å². The third-order valence-corrected chi connectivity index (χ3v) is 7.61. The van der Waals surface area contributed by atoms with Crippen LogP contribution in [0, 0.1) is 5.41 Å². The average Bonchev–Trinajstić information content (AvgIpc) is 2.95. The summed E-state index contributed by atoms with van der Waals surface area (Å²) < 4.78 is 0.917. The van der Waals surface area contributed by atoms with Crippen LogP contribution >= 0.6 is 15.9 Å². The first-order chi connectivity index (χ1) is 19.4. The summed E-state index contributed by atoms with van der Waals surface area (Å²) in [7, 11) is 1.66. The van der Waals surface area contributed by atoms with E-state index >= 15 is 0 Å². The fourth-order valence-corrected chi connectivity index (χ4v) is 4.70. The highest BCUT2D eigenvalue weighted by atomic mass is 79.9. The zero-order valence-corrected chi connectivity index (χ0v) is 25.9. The van der Waals surface area contributed by atoms with E-state index in [2.05, 4.69) is 31.9 Å². The van der Waals surface area contributed by atoms with Gasteiger partial charge >= 0.3 is 0 Å². The summed E-state index contributed by atoms with van der Waals surface area (Å²) in [6.07, 6.45) is 4.24. The van der Waals surface area contributed by atoms with Crippen LogP contribution in [0.3, 0.4) is 0 Å². The predicted octanol–water partition coefficient (Wildman–Crippen LogP) is 3.00. The smallest absolute Gasteiger partial charge is 0.250 e. The van der Waals surface area contributed by atoms with Crippen molar-refractivity contribution in [1.82, 2.24) is 25.8 Å². The molecule has 0 saturated carbocycles. The summed E-state index contributed by atoms with van der Waals surface area (Å²) in [5.74, 6) is -1.39. The molecule has 9 nitrogen and oxygen atoms in total. The number of benzene rings is 2. The molecule has 2 aromatic carbocycles. The number of nitrogens with zero attached hydrogens (tertiary/aromatic N) is 2. The molecular weight excluding hydrogens is 586 g/mol. The van der Waals surface area contributed by atoms with Gasteiger partial charge in [0.1, 0.15) is 12.1 Å². The van der Waals surface area contributed by atoms with Gasteiger partial charge in [0.2, 0.25) is 23.6 Å². The number of carbonyl (C=O) groups is 4. The van der Waals surface area contributed by atoms with Crippen molar-refractivity contribution >= 4 is 39.6 Å². The Morgan fingerprint density at radius 3 is 2.22 bits per heavy atom. The van der Waals surface area contributed by atoms with Crippen molar-refractivity contribution in [1.29, 1.82) is 0 Å². The standard InChI is InChI=1S/C31H40BrN5O4/c1-21(33-5)28(39)35-27(31(2,3)4)29(40)34-20-26(38)37-18-17-36(16-15-22-9-7-6-8-10-22)30(41)25(37)19-23-11-13-24(32)14-12-23/h6-14,17-18,21,25,27,33H,15-16,19-20H2,1-5H3,(H,34,40)(H,35,39)/t21-,25-,27+/m0/s1. The van der Waals surface area contributed by atoms with Crippen molar-refractivity contribution in [3.63, 3.8) is 0 Å². The van der Waals surface area contributed by atoms with Gasteiger partial charge < -0.3 is 25.8 Å². The zero-order valence-electron chi connectivity index (χ0n) is 24.3. The lowest BCUT2D eigenvalue weighted by Crippen LogP contribution is -2.58. The summed E-state index contributed by atoms with van der Waals surface area (Å²) in [6.45, 7) is 7.38. The molecule has 0 aliphatic carbocycles. The van der Waals surface area contributed by atoms with Crippen molar-refractivity contribution in [2.75, 3.05) is 20.1 Å². The van der Waals surface area contributed by atoms with E-state index in [0.29, 0.717) is 19.4 Å². The number of hydrogen-bond acceptors (Lipinski definition) is 5. The van der Waals surface area contributed by atoms with Crippen molar-refractivity contribution in [2.24, 2.45) is 5.41 Å². The number of halogens is 1. The molecule has 0 bridgehead atoms. The Morgan fingerprint density at radius 2 is 1.61 bits per heavy atom. The van der Waals surface area contributed by atoms with Gasteiger partial charge in [-0.05, 0) is 49.1 Å². The van der Waals surface area contributed by atoms with Crippen LogP contribution in [-0.2, 0) is 32.0 Å². The van der Waals surface area contributed by atoms with E-state index in [4.69, 9.17) is 0 Å². The molecule has 1 heterocycles. The van der Waals surface area contributed by atoms with E-state index in [0.717, 1.165) is 15.6 Å². The maximum absolute atomic E-state index is 13.7. The van der Waals surface area contributed by atoms with Gasteiger partial charge in [-0.15, -0.1) is 0 Å². The van der Waals surface area contributed by atoms with E-state index < -0.39 is 35.4 Å². The average molecular weight is 627 g/mol. The molecule has 0 fully saturated rings. The summed E-state index contributed by atoms with van der Waals surface area (Å²) in [4.78, 5) is 55.8. The maximum Gasteiger partial charge on any atom is 0.250 e. The number of likely N-dealkylation sites (N-methyl/N-ethyl adjacent to an activating group) is 1. The van der Waals surface area contributed by atoms with Gasteiger partial charge in [0.15, 0.2) is 0 Å². The number of nitrogens with one attached hydrogen (secondary N) is 3. The molecule has 0 saturated heterocycles. The molecule has 0 radical (unpaired) electrons. The monoisotopic (exact) mass is 625 g/mol. The van der Waals surface area contributed by atoms with Crippen LogP contribution in [0.1, 0.15) is 38.8 Å². The Kier molecular flexibility index (Phi) is 11.3. The molecule has 1 aliphatic heterocycles. The third-order valence-electron chi connectivity index (χ3n) is 7.08. The fraction of sp³-hybridized carbons (Fsp3) is 0.419. The van der Waals surface area contributed by atoms with Gasteiger partial charge in [-0.3, -0.25) is 19.2 Å². The highest BCUT2D eigenvalue weighted by Gasteiger charge is 2.37. The van der Waals surface area contributed by atoms with Gasteiger partial charge in [-0.1, -0.05) is 79.2 Å². The minimum atomic E-state index is -0.857. The van der Waals surface area contributed by atoms with Crippen LogP contribution in [0.4, 0.5) is 0 Å². The number of rotatable bonds is 11. The lowest BCUT2D eigenvalue weighted by Gasteiger charge is -2.36. The van der Waals surface area contributed by atoms with Gasteiger partial charge in [0, 0.05) is 29.8 Å². The molecule has 1 aliphatic rings. The molecule has 0 aromatic heterocycles. The minimum Gasteiger partial charge on any atom is -0.345 e. The Labute approximate surface area is 250 Å². The zero-order chi connectivity index (χ0) is 30.2. The van der Waals surface area contributed by atoms with Crippen LogP contribution < -0.4 is 16.0 Å². The van der Waals surface area contributed by atoms with Crippen LogP contribution in [0.25, 0.3) is 0 Å². The normalized spacial score (nSPS) is 16.7. The molecule has 3 rings (SSSR count). The molecular formula is C31H40BrN5O4. The number of carbonyl (C=O) groups excluding carboxylic acids is 4. The van der Waals surface area contributed by atoms with Crippen LogP contribution in [0.15, 0.2) is 71.5 Å². The van der Waals surface area contributed by atoms with Crippen LogP contribution in [0.5, 0.6) is 0 Å². The fourth-order valence-electron chi connectivity index (χ4n) is 4.44. The molecule has 0 unspecified atom stereocenters. The highest BCUT2D eigenvalue weighted by Crippen LogP contribution is 2.21. The summed E-state index contributed by atoms with van der Waals surface area (Å²) in [5, 5.41) is 8.32. The second-order valence-electron chi connectivity index (χ2n) is 11.2. The Bertz CT molecular complexity index is 1240. The molecule has 220 valence electrons. The molecule has 4 amide bonds. The second kappa shape index (κ2) is 14.4. The molecule has 0 spiro atoms. The Balaban J connectivity index is 1.75. The first kappa shape index (κ1) is 32.0. The topological polar surface area (TPSA) is 111 Å².